The molecule has 0 aliphatic carbocycles. The van der Waals surface area contributed by atoms with E-state index in [0.717, 1.165) is 0 Å². The highest BCUT2D eigenvalue weighted by molar-refractivity contribution is 6.34. The van der Waals surface area contributed by atoms with Gasteiger partial charge in [-0.25, -0.2) is 4.79 Å². The van der Waals surface area contributed by atoms with E-state index >= 15 is 0 Å². The number of rotatable bonds is 1. The van der Waals surface area contributed by atoms with Gasteiger partial charge in [0.25, 0.3) is 0 Å². The van der Waals surface area contributed by atoms with Crippen molar-refractivity contribution in [3.8, 4) is 0 Å². The third-order valence-electron chi connectivity index (χ3n) is 0.907. The van der Waals surface area contributed by atoms with E-state index in [4.69, 9.17) is 0 Å². The average molecular weight is 127 g/mol. The van der Waals surface area contributed by atoms with Gasteiger partial charge in [0.15, 0.2) is 6.23 Å². The van der Waals surface area contributed by atoms with Gasteiger partial charge < -0.3 is 10.1 Å². The van der Waals surface area contributed by atoms with Crippen molar-refractivity contribution in [3.05, 3.63) is 12.7 Å². The molecular formula is C5H5NO3. The molecule has 0 saturated carbocycles. The monoisotopic (exact) mass is 127 g/mol. The predicted octanol–water partition coefficient (Wildman–Crippen LogP) is -0.829. The predicted molar refractivity (Wildman–Crippen MR) is 28.2 cm³/mol. The number of carbonyl (C=O) groups is 2. The lowest BCUT2D eigenvalue weighted by Crippen LogP contribution is -2.24. The molecule has 9 heavy (non-hydrogen) atoms. The Kier molecular flexibility index (Phi) is 1.22. The minimum atomic E-state index is -0.847. The van der Waals surface area contributed by atoms with Crippen LogP contribution < -0.4 is 5.32 Å². The molecule has 0 radical (unpaired) electrons. The Labute approximate surface area is 51.5 Å². The van der Waals surface area contributed by atoms with Gasteiger partial charge in [0.1, 0.15) is 0 Å². The summed E-state index contributed by atoms with van der Waals surface area (Å²) in [4.78, 5) is 20.6. The van der Waals surface area contributed by atoms with E-state index in [1.807, 2.05) is 0 Å². The van der Waals surface area contributed by atoms with Crippen LogP contribution >= 0.6 is 0 Å². The molecule has 4 nitrogen and oxygen atoms in total. The molecule has 0 aromatic rings. The Morgan fingerprint density at radius 3 is 2.56 bits per heavy atom. The normalized spacial score (nSPS) is 25.1. The maximum absolute atomic E-state index is 10.3. The Morgan fingerprint density at radius 1 is 1.67 bits per heavy atom. The van der Waals surface area contributed by atoms with Crippen LogP contribution in [0.4, 0.5) is 0 Å². The van der Waals surface area contributed by atoms with Gasteiger partial charge in [-0.15, -0.1) is 0 Å². The molecule has 0 aromatic carbocycles. The number of nitrogens with one attached hydrogen (secondary N) is 1. The molecule has 1 N–H and O–H groups in total. The number of hydrogen-bond donors (Lipinski definition) is 1. The second kappa shape index (κ2) is 1.89. The first-order valence-electron chi connectivity index (χ1n) is 2.38. The minimum Gasteiger partial charge on any atom is -0.431 e. The van der Waals surface area contributed by atoms with E-state index in [2.05, 4.69) is 16.6 Å². The molecule has 0 aromatic heterocycles. The number of amides is 1. The van der Waals surface area contributed by atoms with Crippen LogP contribution in [-0.4, -0.2) is 18.1 Å². The summed E-state index contributed by atoms with van der Waals surface area (Å²) < 4.78 is 4.41. The summed E-state index contributed by atoms with van der Waals surface area (Å²) in [7, 11) is 0. The highest BCUT2D eigenvalue weighted by Crippen LogP contribution is 1.97. The van der Waals surface area contributed by atoms with Crippen LogP contribution in [0.3, 0.4) is 0 Å². The molecule has 1 amide bonds. The average Bonchev–Trinajstić information content (AvgIpc) is 2.13. The first kappa shape index (κ1) is 5.81. The second-order valence-corrected chi connectivity index (χ2v) is 1.54. The summed E-state index contributed by atoms with van der Waals surface area (Å²) >= 11 is 0. The summed E-state index contributed by atoms with van der Waals surface area (Å²) in [6.45, 7) is 3.32. The Morgan fingerprint density at radius 2 is 2.33 bits per heavy atom. The Balaban J connectivity index is 2.64. The SMILES string of the molecule is C=CC1NC(=O)C(=O)O1. The van der Waals surface area contributed by atoms with Crippen LogP contribution in [0.25, 0.3) is 0 Å². The largest absolute Gasteiger partial charge is 0.431 e. The van der Waals surface area contributed by atoms with E-state index < -0.39 is 18.1 Å². The van der Waals surface area contributed by atoms with Gasteiger partial charge in [0.05, 0.1) is 0 Å². The zero-order valence-corrected chi connectivity index (χ0v) is 4.59. The number of hydrogen-bond acceptors (Lipinski definition) is 3. The van der Waals surface area contributed by atoms with Crippen LogP contribution in [0.1, 0.15) is 0 Å². The molecular weight excluding hydrogens is 122 g/mol. The zero-order chi connectivity index (χ0) is 6.85. The molecule has 1 heterocycles. The fourth-order valence-electron chi connectivity index (χ4n) is 0.493. The van der Waals surface area contributed by atoms with Crippen molar-refractivity contribution in [2.75, 3.05) is 0 Å². The first-order chi connectivity index (χ1) is 4.24. The molecule has 0 spiro atoms. The molecule has 1 unspecified atom stereocenters. The molecule has 1 rings (SSSR count). The molecule has 48 valence electrons. The highest BCUT2D eigenvalue weighted by Gasteiger charge is 2.28. The summed E-state index contributed by atoms with van der Waals surface area (Å²) in [5.41, 5.74) is 0. The van der Waals surface area contributed by atoms with Crippen LogP contribution in [0.15, 0.2) is 12.7 Å². The molecule has 1 atom stereocenters. The fourth-order valence-corrected chi connectivity index (χ4v) is 0.493. The van der Waals surface area contributed by atoms with Gasteiger partial charge >= 0.3 is 11.9 Å². The zero-order valence-electron chi connectivity index (χ0n) is 4.59. The Hall–Kier alpha value is -1.32. The topological polar surface area (TPSA) is 55.4 Å². The van der Waals surface area contributed by atoms with E-state index in [9.17, 15) is 9.59 Å². The highest BCUT2D eigenvalue weighted by atomic mass is 16.6. The van der Waals surface area contributed by atoms with Crippen molar-refractivity contribution >= 4 is 11.9 Å². The number of esters is 1. The number of cyclic esters (lactones) is 1. The van der Waals surface area contributed by atoms with Crippen LogP contribution in [0.2, 0.25) is 0 Å². The fraction of sp³-hybridized carbons (Fsp3) is 0.200. The van der Waals surface area contributed by atoms with Crippen LogP contribution in [0.5, 0.6) is 0 Å². The Bertz CT molecular complexity index is 159. The van der Waals surface area contributed by atoms with Gasteiger partial charge in [0, 0.05) is 0 Å². The minimum absolute atomic E-state index is 0.634. The molecule has 1 saturated heterocycles. The maximum Gasteiger partial charge on any atom is 0.399 e. The van der Waals surface area contributed by atoms with E-state index in [0.29, 0.717) is 0 Å². The lowest BCUT2D eigenvalue weighted by Gasteiger charge is -1.97. The van der Waals surface area contributed by atoms with Gasteiger partial charge in [-0.2, -0.15) is 0 Å². The number of carbonyl (C=O) groups excluding carboxylic acids is 2. The first-order valence-corrected chi connectivity index (χ1v) is 2.38. The molecule has 4 heteroatoms. The van der Waals surface area contributed by atoms with Crippen molar-refractivity contribution in [3.63, 3.8) is 0 Å². The second-order valence-electron chi connectivity index (χ2n) is 1.54. The summed E-state index contributed by atoms with van der Waals surface area (Å²) in [6.07, 6.45) is 0.702. The van der Waals surface area contributed by atoms with Crippen molar-refractivity contribution in [1.82, 2.24) is 5.32 Å². The van der Waals surface area contributed by atoms with E-state index in [-0.39, 0.29) is 0 Å². The molecule has 1 aliphatic heterocycles. The van der Waals surface area contributed by atoms with Crippen molar-refractivity contribution < 1.29 is 14.3 Å². The molecule has 1 aliphatic rings. The van der Waals surface area contributed by atoms with Crippen molar-refractivity contribution in [2.24, 2.45) is 0 Å². The van der Waals surface area contributed by atoms with Crippen molar-refractivity contribution in [1.29, 1.82) is 0 Å². The summed E-state index contributed by atoms with van der Waals surface area (Å²) in [6, 6.07) is 0. The van der Waals surface area contributed by atoms with Gasteiger partial charge in [0.2, 0.25) is 0 Å². The summed E-state index contributed by atoms with van der Waals surface area (Å²) in [5.74, 6) is -1.56. The summed E-state index contributed by atoms with van der Waals surface area (Å²) in [5, 5.41) is 2.22. The van der Waals surface area contributed by atoms with Crippen LogP contribution in [-0.2, 0) is 14.3 Å². The quantitative estimate of drug-likeness (QED) is 0.284. The molecule has 0 bridgehead atoms. The third-order valence-corrected chi connectivity index (χ3v) is 0.907. The van der Waals surface area contributed by atoms with Gasteiger partial charge in [-0.1, -0.05) is 6.58 Å². The molecule has 1 fully saturated rings. The number of ether oxygens (including phenoxy) is 1. The lowest BCUT2D eigenvalue weighted by molar-refractivity contribution is -0.148. The standard InChI is InChI=1S/C5H5NO3/c1-2-3-6-4(7)5(8)9-3/h2-3H,1H2,(H,6,7). The maximum atomic E-state index is 10.3. The van der Waals surface area contributed by atoms with E-state index in [1.54, 1.807) is 0 Å². The van der Waals surface area contributed by atoms with Crippen LogP contribution in [0, 0.1) is 0 Å². The van der Waals surface area contributed by atoms with Crippen molar-refractivity contribution in [2.45, 2.75) is 6.23 Å². The van der Waals surface area contributed by atoms with Gasteiger partial charge in [-0.05, 0) is 6.08 Å². The van der Waals surface area contributed by atoms with E-state index in [1.165, 1.54) is 6.08 Å². The van der Waals surface area contributed by atoms with Gasteiger partial charge in [-0.3, -0.25) is 4.79 Å². The smallest absolute Gasteiger partial charge is 0.399 e. The third kappa shape index (κ3) is 0.910. The lowest BCUT2D eigenvalue weighted by atomic mass is 10.5.